The van der Waals surface area contributed by atoms with Gasteiger partial charge in [0.15, 0.2) is 11.5 Å². The van der Waals surface area contributed by atoms with Gasteiger partial charge in [0.2, 0.25) is 0 Å². The number of pyridine rings is 1. The maximum absolute atomic E-state index is 8.36. The van der Waals surface area contributed by atoms with Crippen LogP contribution in [0.25, 0.3) is 10.9 Å². The van der Waals surface area contributed by atoms with Crippen molar-refractivity contribution in [1.29, 1.82) is 0 Å². The summed E-state index contributed by atoms with van der Waals surface area (Å²) >= 11 is 0. The van der Waals surface area contributed by atoms with Crippen LogP contribution < -0.4 is 14.8 Å². The topological polar surface area (TPSA) is 93.2 Å². The summed E-state index contributed by atoms with van der Waals surface area (Å²) in [5.41, 5.74) is 4.80. The predicted octanol–water partition coefficient (Wildman–Crippen LogP) is 3.11. The molecule has 32 heavy (non-hydrogen) atoms. The minimum atomic E-state index is -0.250. The van der Waals surface area contributed by atoms with E-state index in [-0.39, 0.29) is 6.47 Å². The van der Waals surface area contributed by atoms with Gasteiger partial charge in [-0.25, -0.2) is 0 Å². The quantitative estimate of drug-likeness (QED) is 0.475. The predicted molar refractivity (Wildman–Crippen MR) is 123 cm³/mol. The van der Waals surface area contributed by atoms with Crippen LogP contribution in [-0.4, -0.2) is 74.1 Å². The van der Waals surface area contributed by atoms with E-state index < -0.39 is 0 Å². The Morgan fingerprint density at radius 2 is 2.00 bits per heavy atom. The van der Waals surface area contributed by atoms with Crippen LogP contribution in [-0.2, 0) is 22.4 Å². The van der Waals surface area contributed by atoms with E-state index in [1.54, 1.807) is 7.11 Å². The van der Waals surface area contributed by atoms with E-state index in [1.807, 2.05) is 0 Å². The van der Waals surface area contributed by atoms with Crippen molar-refractivity contribution in [3.8, 4) is 11.5 Å². The number of nitrogens with one attached hydrogen (secondary N) is 1. The van der Waals surface area contributed by atoms with Gasteiger partial charge in [0.1, 0.15) is 0 Å². The number of rotatable bonds is 8. The van der Waals surface area contributed by atoms with Gasteiger partial charge in [-0.15, -0.1) is 0 Å². The number of fused-ring (bicyclic) bond motifs is 2. The van der Waals surface area contributed by atoms with Gasteiger partial charge in [-0.3, -0.25) is 9.78 Å². The molecule has 1 aromatic carbocycles. The molecule has 2 aromatic rings. The molecule has 2 saturated heterocycles. The number of ether oxygens (including phenoxy) is 3. The summed E-state index contributed by atoms with van der Waals surface area (Å²) in [6, 6.07) is 4.54. The van der Waals surface area contributed by atoms with E-state index in [0.29, 0.717) is 12.6 Å². The second-order valence-electron chi connectivity index (χ2n) is 8.52. The highest BCUT2D eigenvalue weighted by molar-refractivity contribution is 5.96. The van der Waals surface area contributed by atoms with Gasteiger partial charge in [0, 0.05) is 29.4 Å². The fourth-order valence-corrected chi connectivity index (χ4v) is 4.71. The average Bonchev–Trinajstić information content (AvgIpc) is 3.45. The normalized spacial score (nSPS) is 17.9. The summed E-state index contributed by atoms with van der Waals surface area (Å²) in [4.78, 5) is 15.9. The minimum Gasteiger partial charge on any atom is -0.493 e. The number of nitrogens with zero attached hydrogens (tertiary/aromatic N) is 2. The molecule has 0 amide bonds. The zero-order valence-electron chi connectivity index (χ0n) is 18.8. The number of likely N-dealkylation sites (tertiary alicyclic amines) is 1. The third-order valence-corrected chi connectivity index (χ3v) is 6.36. The van der Waals surface area contributed by atoms with Gasteiger partial charge in [0.25, 0.3) is 6.47 Å². The first-order chi connectivity index (χ1) is 15.7. The van der Waals surface area contributed by atoms with Crippen molar-refractivity contribution in [3.63, 3.8) is 0 Å². The molecule has 0 spiro atoms. The Labute approximate surface area is 188 Å². The molecule has 174 valence electrons. The van der Waals surface area contributed by atoms with E-state index >= 15 is 0 Å². The third kappa shape index (κ3) is 5.07. The first kappa shape index (κ1) is 22.6. The smallest absolute Gasteiger partial charge is 0.290 e. The molecule has 0 saturated carbocycles. The molecule has 1 aromatic heterocycles. The van der Waals surface area contributed by atoms with Crippen LogP contribution in [0.15, 0.2) is 12.1 Å². The van der Waals surface area contributed by atoms with E-state index in [9.17, 15) is 0 Å². The van der Waals surface area contributed by atoms with Crippen molar-refractivity contribution in [2.45, 2.75) is 44.6 Å². The Morgan fingerprint density at radius 1 is 1.22 bits per heavy atom. The summed E-state index contributed by atoms with van der Waals surface area (Å²) in [7, 11) is 1.71. The molecule has 5 rings (SSSR count). The van der Waals surface area contributed by atoms with Gasteiger partial charge in [-0.2, -0.15) is 0 Å². The number of aryl methyl sites for hydroxylation is 1. The van der Waals surface area contributed by atoms with Crippen LogP contribution in [0.3, 0.4) is 0 Å². The fraction of sp³-hybridized carbons (Fsp3) is 0.583. The van der Waals surface area contributed by atoms with Crippen LogP contribution in [0.1, 0.15) is 36.9 Å². The summed E-state index contributed by atoms with van der Waals surface area (Å²) in [5.74, 6) is 1.58. The number of methoxy groups -OCH3 is 1. The standard InChI is InChI=1S/C23H31N3O3.CH2O2/c1-27-21-12-18-20(13-22(21)29-11-5-10-26-8-2-3-9-26)25-19-7-4-6-17(19)23(18)24-16-14-28-15-16;2-1-3/h12-13,16H,2-11,14-15H2,1H3,(H,24,25);1H,(H,2,3). The molecule has 2 aliphatic heterocycles. The molecule has 3 aliphatic rings. The molecular formula is C24H33N3O5. The number of anilines is 1. The molecule has 2 N–H and O–H groups in total. The first-order valence-corrected chi connectivity index (χ1v) is 11.5. The van der Waals surface area contributed by atoms with Gasteiger partial charge in [0.05, 0.1) is 38.5 Å². The van der Waals surface area contributed by atoms with Gasteiger partial charge in [-0.05, 0) is 63.2 Å². The van der Waals surface area contributed by atoms with Crippen molar-refractivity contribution in [2.24, 2.45) is 0 Å². The Bertz CT molecular complexity index is 926. The van der Waals surface area contributed by atoms with Gasteiger partial charge < -0.3 is 29.5 Å². The highest BCUT2D eigenvalue weighted by Crippen LogP contribution is 2.40. The van der Waals surface area contributed by atoms with Gasteiger partial charge in [-0.1, -0.05) is 0 Å². The lowest BCUT2D eigenvalue weighted by molar-refractivity contribution is -0.122. The van der Waals surface area contributed by atoms with Crippen LogP contribution in [0, 0.1) is 0 Å². The number of carbonyl (C=O) groups is 1. The summed E-state index contributed by atoms with van der Waals surface area (Å²) in [6.07, 6.45) is 7.01. The van der Waals surface area contributed by atoms with Crippen molar-refractivity contribution >= 4 is 23.1 Å². The minimum absolute atomic E-state index is 0.250. The van der Waals surface area contributed by atoms with Gasteiger partial charge >= 0.3 is 0 Å². The highest BCUT2D eigenvalue weighted by Gasteiger charge is 2.25. The lowest BCUT2D eigenvalue weighted by Gasteiger charge is -2.29. The molecule has 1 aliphatic carbocycles. The second-order valence-corrected chi connectivity index (χ2v) is 8.52. The summed E-state index contributed by atoms with van der Waals surface area (Å²) in [5, 5.41) is 11.7. The number of benzene rings is 1. The maximum Gasteiger partial charge on any atom is 0.290 e. The van der Waals surface area contributed by atoms with E-state index in [0.717, 1.165) is 61.4 Å². The third-order valence-electron chi connectivity index (χ3n) is 6.36. The molecule has 0 atom stereocenters. The largest absolute Gasteiger partial charge is 0.493 e. The molecule has 3 heterocycles. The fourth-order valence-electron chi connectivity index (χ4n) is 4.71. The van der Waals surface area contributed by atoms with Crippen LogP contribution in [0.4, 0.5) is 5.69 Å². The SMILES string of the molecule is COc1cc2c(NC3COC3)c3c(nc2cc1OCCCN1CCCC1)CCC3.O=CO. The summed E-state index contributed by atoms with van der Waals surface area (Å²) in [6.45, 7) is 5.57. The Hall–Kier alpha value is -2.58. The molecule has 0 radical (unpaired) electrons. The van der Waals surface area contributed by atoms with E-state index in [2.05, 4.69) is 22.3 Å². The van der Waals surface area contributed by atoms with E-state index in [4.69, 9.17) is 29.1 Å². The first-order valence-electron chi connectivity index (χ1n) is 11.5. The molecule has 0 unspecified atom stereocenters. The second kappa shape index (κ2) is 10.8. The zero-order chi connectivity index (χ0) is 22.3. The highest BCUT2D eigenvalue weighted by atomic mass is 16.5. The Morgan fingerprint density at radius 3 is 2.69 bits per heavy atom. The van der Waals surface area contributed by atoms with Crippen LogP contribution >= 0.6 is 0 Å². The Balaban J connectivity index is 0.000000775. The van der Waals surface area contributed by atoms with Crippen LogP contribution in [0.5, 0.6) is 11.5 Å². The van der Waals surface area contributed by atoms with Crippen molar-refractivity contribution in [1.82, 2.24) is 9.88 Å². The molecule has 8 nitrogen and oxygen atoms in total. The molecule has 8 heteroatoms. The molecule has 2 fully saturated rings. The number of hydrogen-bond acceptors (Lipinski definition) is 7. The average molecular weight is 444 g/mol. The maximum atomic E-state index is 8.36. The zero-order valence-corrected chi connectivity index (χ0v) is 18.8. The number of hydrogen-bond donors (Lipinski definition) is 2. The summed E-state index contributed by atoms with van der Waals surface area (Å²) < 4.78 is 17.2. The monoisotopic (exact) mass is 443 g/mol. The van der Waals surface area contributed by atoms with E-state index in [1.165, 1.54) is 49.3 Å². The molecular weight excluding hydrogens is 410 g/mol. The molecule has 0 bridgehead atoms. The Kier molecular flexibility index (Phi) is 7.65. The van der Waals surface area contributed by atoms with Crippen molar-refractivity contribution in [2.75, 3.05) is 51.9 Å². The number of carboxylic acid groups (broad SMARTS) is 1. The lowest BCUT2D eigenvalue weighted by Crippen LogP contribution is -2.40. The van der Waals surface area contributed by atoms with Crippen LogP contribution in [0.2, 0.25) is 0 Å². The van der Waals surface area contributed by atoms with Crippen molar-refractivity contribution < 1.29 is 24.1 Å². The van der Waals surface area contributed by atoms with Crippen molar-refractivity contribution in [3.05, 3.63) is 23.4 Å². The lowest BCUT2D eigenvalue weighted by atomic mass is 10.0. The number of aromatic nitrogens is 1.